The van der Waals surface area contributed by atoms with E-state index in [4.69, 9.17) is 25.8 Å². The minimum absolute atomic E-state index is 0.00566. The van der Waals surface area contributed by atoms with Crippen LogP contribution in [0.25, 0.3) is 11.1 Å². The average Bonchev–Trinajstić information content (AvgIpc) is 3.27. The normalized spacial score (nSPS) is 17.8. The van der Waals surface area contributed by atoms with Crippen molar-refractivity contribution in [3.05, 3.63) is 106 Å². The quantitative estimate of drug-likeness (QED) is 0.0646. The molecule has 324 valence electrons. The van der Waals surface area contributed by atoms with Crippen LogP contribution >= 0.6 is 11.6 Å². The van der Waals surface area contributed by atoms with E-state index in [9.17, 15) is 40.4 Å². The number of hydrogen-bond acceptors (Lipinski definition) is 13. The monoisotopic (exact) mass is 857 g/mol. The van der Waals surface area contributed by atoms with Crippen molar-refractivity contribution in [3.8, 4) is 34.4 Å². The Kier molecular flexibility index (Phi) is 15.9. The fourth-order valence-corrected chi connectivity index (χ4v) is 7.83. The highest BCUT2D eigenvalue weighted by Crippen LogP contribution is 2.37. The first-order chi connectivity index (χ1) is 29.5. The van der Waals surface area contributed by atoms with Gasteiger partial charge in [-0.15, -0.1) is 0 Å². The number of halogens is 1. The summed E-state index contributed by atoms with van der Waals surface area (Å²) in [6.07, 6.45) is 5.90. The maximum Gasteiger partial charge on any atom is 0.335 e. The molecule has 0 spiro atoms. The van der Waals surface area contributed by atoms with Crippen LogP contribution in [0.2, 0.25) is 5.02 Å². The summed E-state index contributed by atoms with van der Waals surface area (Å²) in [7, 11) is 0. The van der Waals surface area contributed by atoms with Crippen LogP contribution in [0.15, 0.2) is 79.1 Å². The molecule has 0 bridgehead atoms. The van der Waals surface area contributed by atoms with Gasteiger partial charge in [-0.3, -0.25) is 20.0 Å². The first-order valence-corrected chi connectivity index (χ1v) is 20.8. The molecule has 16 heteroatoms. The number of benzene rings is 3. The van der Waals surface area contributed by atoms with Crippen LogP contribution in [0.3, 0.4) is 0 Å². The van der Waals surface area contributed by atoms with Crippen LogP contribution in [0.4, 0.5) is 0 Å². The molecule has 0 saturated carbocycles. The van der Waals surface area contributed by atoms with E-state index in [0.717, 1.165) is 42.5 Å². The number of carbonyl (C=O) groups is 2. The summed E-state index contributed by atoms with van der Waals surface area (Å²) in [5, 5.41) is 62.2. The minimum atomic E-state index is -1.64. The highest BCUT2D eigenvalue weighted by molar-refractivity contribution is 6.32. The summed E-state index contributed by atoms with van der Waals surface area (Å²) in [5.41, 5.74) is 2.69. The standard InChI is InChI=1S/C45H52ClN5O10/c46-37-21-35(26-49-38(27-52)43(54)55)40(60-28-31-18-30(23-47)24-48-25-31)22-41(37)61-29-39(51-14-2-1-10-42(51)53)34-8-3-6-32(19-34)33-7-4-9-36(20-33)59-17-5-13-50-15-11-45(58,12-16-50)44(56)57/h3-4,6-9,18-22,24-25,38-39,42,49,52-53,58H,1-2,5,10-17,26-29H2,(H,54,55)(H,56,57)/t38-,39+,42-/m1/s1. The second-order valence-electron chi connectivity index (χ2n) is 15.4. The third-order valence-corrected chi connectivity index (χ3v) is 11.5. The van der Waals surface area contributed by atoms with Crippen molar-refractivity contribution in [3.63, 3.8) is 0 Å². The summed E-state index contributed by atoms with van der Waals surface area (Å²) in [4.78, 5) is 31.2. The number of ether oxygens (including phenoxy) is 3. The zero-order chi connectivity index (χ0) is 43.4. The Morgan fingerprint density at radius 3 is 2.46 bits per heavy atom. The van der Waals surface area contributed by atoms with Crippen molar-refractivity contribution in [2.24, 2.45) is 0 Å². The molecule has 2 aliphatic heterocycles. The minimum Gasteiger partial charge on any atom is -0.494 e. The molecule has 4 aromatic rings. The van der Waals surface area contributed by atoms with E-state index in [-0.39, 0.29) is 43.7 Å². The van der Waals surface area contributed by atoms with E-state index < -0.39 is 36.4 Å². The molecule has 2 fully saturated rings. The molecule has 2 saturated heterocycles. The maximum absolute atomic E-state index is 11.6. The Balaban J connectivity index is 1.17. The van der Waals surface area contributed by atoms with E-state index in [1.54, 1.807) is 24.4 Å². The van der Waals surface area contributed by atoms with Crippen LogP contribution < -0.4 is 19.5 Å². The van der Waals surface area contributed by atoms with Crippen LogP contribution in [0.1, 0.15) is 66.8 Å². The van der Waals surface area contributed by atoms with E-state index in [1.165, 1.54) is 6.20 Å². The van der Waals surface area contributed by atoms with Crippen LogP contribution in [-0.2, 0) is 22.7 Å². The lowest BCUT2D eigenvalue weighted by molar-refractivity contribution is -0.163. The summed E-state index contributed by atoms with van der Waals surface area (Å²) >= 11 is 6.81. The van der Waals surface area contributed by atoms with Gasteiger partial charge in [0.2, 0.25) is 0 Å². The topological polar surface area (TPSA) is 218 Å². The van der Waals surface area contributed by atoms with Gasteiger partial charge >= 0.3 is 11.9 Å². The SMILES string of the molecule is N#Cc1cncc(COc2cc(OC[C@@H](c3cccc(-c4cccc(OCCCN5CCC(O)(C(=O)O)CC5)c4)c3)N3CCCC[C@H]3O)c(Cl)cc2CN[C@H](CO)C(=O)O)c1. The smallest absolute Gasteiger partial charge is 0.335 e. The zero-order valence-corrected chi connectivity index (χ0v) is 34.5. The Labute approximate surface area is 359 Å². The van der Waals surface area contributed by atoms with Gasteiger partial charge in [0.05, 0.1) is 29.8 Å². The molecule has 6 N–H and O–H groups in total. The number of nitrogens with one attached hydrogen (secondary N) is 1. The molecular weight excluding hydrogens is 806 g/mol. The molecule has 1 aromatic heterocycles. The third kappa shape index (κ3) is 12.2. The van der Waals surface area contributed by atoms with Crippen molar-refractivity contribution in [1.29, 1.82) is 5.26 Å². The number of hydrogen-bond donors (Lipinski definition) is 6. The number of nitriles is 1. The number of likely N-dealkylation sites (tertiary alicyclic amines) is 2. The number of aromatic nitrogens is 1. The number of aliphatic hydroxyl groups is 3. The van der Waals surface area contributed by atoms with E-state index >= 15 is 0 Å². The summed E-state index contributed by atoms with van der Waals surface area (Å²) < 4.78 is 18.8. The lowest BCUT2D eigenvalue weighted by Crippen LogP contribution is -2.49. The number of rotatable bonds is 20. The second kappa shape index (κ2) is 21.5. The fourth-order valence-electron chi connectivity index (χ4n) is 7.59. The van der Waals surface area contributed by atoms with E-state index in [0.29, 0.717) is 66.6 Å². The van der Waals surface area contributed by atoms with E-state index in [1.807, 2.05) is 47.4 Å². The van der Waals surface area contributed by atoms with Crippen LogP contribution in [0, 0.1) is 11.3 Å². The third-order valence-electron chi connectivity index (χ3n) is 11.2. The Morgan fingerprint density at radius 1 is 0.967 bits per heavy atom. The molecule has 15 nitrogen and oxygen atoms in total. The second-order valence-corrected chi connectivity index (χ2v) is 15.8. The van der Waals surface area contributed by atoms with Crippen molar-refractivity contribution >= 4 is 23.5 Å². The van der Waals surface area contributed by atoms with Crippen LogP contribution in [-0.4, -0.2) is 116 Å². The fraction of sp³-hybridized carbons (Fsp3) is 0.422. The molecule has 0 unspecified atom stereocenters. The summed E-state index contributed by atoms with van der Waals surface area (Å²) in [6, 6.07) is 21.3. The van der Waals surface area contributed by atoms with Gasteiger partial charge in [-0.25, -0.2) is 4.79 Å². The molecular formula is C45H52ClN5O10. The summed E-state index contributed by atoms with van der Waals surface area (Å²) in [5.74, 6) is -1.02. The van der Waals surface area contributed by atoms with Gasteiger partial charge in [-0.05, 0) is 85.5 Å². The average molecular weight is 858 g/mol. The van der Waals surface area contributed by atoms with Gasteiger partial charge in [-0.1, -0.05) is 41.9 Å². The van der Waals surface area contributed by atoms with Gasteiger partial charge in [-0.2, -0.15) is 5.26 Å². The predicted octanol–water partition coefficient (Wildman–Crippen LogP) is 4.99. The highest BCUT2D eigenvalue weighted by Gasteiger charge is 2.39. The van der Waals surface area contributed by atoms with Gasteiger partial charge in [0.1, 0.15) is 48.8 Å². The molecule has 6 rings (SSSR count). The molecule has 3 heterocycles. The van der Waals surface area contributed by atoms with Crippen molar-refractivity contribution in [1.82, 2.24) is 20.1 Å². The molecule has 3 aromatic carbocycles. The maximum atomic E-state index is 11.6. The van der Waals surface area contributed by atoms with Crippen LogP contribution in [0.5, 0.6) is 17.2 Å². The van der Waals surface area contributed by atoms with Gasteiger partial charge in [0.15, 0.2) is 5.60 Å². The number of carboxylic acid groups (broad SMARTS) is 2. The number of aliphatic carboxylic acids is 2. The molecule has 0 radical (unpaired) electrons. The van der Waals surface area contributed by atoms with Crippen molar-refractivity contribution in [2.75, 3.05) is 46.0 Å². The zero-order valence-electron chi connectivity index (χ0n) is 33.8. The number of pyridine rings is 1. The Hall–Kier alpha value is -5.31. The lowest BCUT2D eigenvalue weighted by atomic mass is 9.91. The Morgan fingerprint density at radius 2 is 1.74 bits per heavy atom. The van der Waals surface area contributed by atoms with Gasteiger partial charge in [0.25, 0.3) is 0 Å². The number of carboxylic acids is 2. The predicted molar refractivity (Wildman–Crippen MR) is 225 cm³/mol. The molecule has 2 aliphatic rings. The van der Waals surface area contributed by atoms with Crippen molar-refractivity contribution in [2.45, 2.75) is 75.6 Å². The number of nitrogens with zero attached hydrogens (tertiary/aromatic N) is 4. The summed E-state index contributed by atoms with van der Waals surface area (Å²) in [6.45, 7) is 2.44. The van der Waals surface area contributed by atoms with Crippen molar-refractivity contribution < 1.29 is 49.3 Å². The lowest BCUT2D eigenvalue weighted by Gasteiger charge is -2.38. The molecule has 61 heavy (non-hydrogen) atoms. The largest absolute Gasteiger partial charge is 0.494 e. The molecule has 0 aliphatic carbocycles. The number of aliphatic hydroxyl groups excluding tert-OH is 2. The highest BCUT2D eigenvalue weighted by atomic mass is 35.5. The molecule has 0 amide bonds. The first-order valence-electron chi connectivity index (χ1n) is 20.4. The Bertz CT molecular complexity index is 2160. The van der Waals surface area contributed by atoms with Gasteiger partial charge in [0, 0.05) is 62.3 Å². The molecule has 3 atom stereocenters. The first kappa shape index (κ1) is 45.2. The number of piperidine rings is 2. The van der Waals surface area contributed by atoms with Gasteiger partial charge < -0.3 is 44.6 Å². The van der Waals surface area contributed by atoms with E-state index in [2.05, 4.69) is 27.3 Å².